The van der Waals surface area contributed by atoms with Gasteiger partial charge in [0.15, 0.2) is 23.0 Å². The van der Waals surface area contributed by atoms with Crippen LogP contribution < -0.4 is 0 Å². The molecule has 0 atom stereocenters. The van der Waals surface area contributed by atoms with Gasteiger partial charge in [-0.05, 0) is 24.6 Å². The van der Waals surface area contributed by atoms with Gasteiger partial charge in [0, 0.05) is 16.5 Å². The average Bonchev–Trinajstić information content (AvgIpc) is 2.60. The van der Waals surface area contributed by atoms with Crippen molar-refractivity contribution < 1.29 is 20.4 Å². The van der Waals surface area contributed by atoms with E-state index in [0.717, 1.165) is 5.56 Å². The Kier molecular flexibility index (Phi) is 3.81. The van der Waals surface area contributed by atoms with Gasteiger partial charge in [0.2, 0.25) is 0 Å². The van der Waals surface area contributed by atoms with E-state index < -0.39 is 5.41 Å². The summed E-state index contributed by atoms with van der Waals surface area (Å²) in [7, 11) is 0. The molecule has 0 saturated carbocycles. The molecule has 0 aromatic heterocycles. The van der Waals surface area contributed by atoms with E-state index in [-0.39, 0.29) is 23.0 Å². The number of phenolic OH excluding ortho intramolecular Hbond substituents is 4. The summed E-state index contributed by atoms with van der Waals surface area (Å²) in [6.45, 7) is 1.82. The highest BCUT2D eigenvalue weighted by Gasteiger charge is 2.37. The topological polar surface area (TPSA) is 80.9 Å². The zero-order chi connectivity index (χ0) is 17.3. The summed E-state index contributed by atoms with van der Waals surface area (Å²) in [6.07, 6.45) is 0. The van der Waals surface area contributed by atoms with Gasteiger partial charge in [-0.25, -0.2) is 0 Å². The minimum atomic E-state index is -0.979. The molecule has 0 aliphatic rings. The van der Waals surface area contributed by atoms with Gasteiger partial charge in [-0.3, -0.25) is 0 Å². The van der Waals surface area contributed by atoms with Crippen molar-refractivity contribution in [1.29, 1.82) is 0 Å². The largest absolute Gasteiger partial charge is 0.504 e. The van der Waals surface area contributed by atoms with Crippen molar-refractivity contribution in [3.8, 4) is 23.0 Å². The Morgan fingerprint density at radius 1 is 0.583 bits per heavy atom. The number of para-hydroxylation sites is 2. The monoisotopic (exact) mass is 322 g/mol. The van der Waals surface area contributed by atoms with Crippen LogP contribution in [0.2, 0.25) is 0 Å². The number of hydrogen-bond donors (Lipinski definition) is 4. The molecule has 0 aliphatic heterocycles. The molecule has 24 heavy (non-hydrogen) atoms. The van der Waals surface area contributed by atoms with E-state index in [9.17, 15) is 20.4 Å². The molecule has 0 bridgehead atoms. The Bertz CT molecular complexity index is 821. The minimum absolute atomic E-state index is 0.241. The van der Waals surface area contributed by atoms with Gasteiger partial charge in [0.05, 0.1) is 0 Å². The third-order valence-electron chi connectivity index (χ3n) is 4.46. The van der Waals surface area contributed by atoms with Gasteiger partial charge in [-0.15, -0.1) is 0 Å². The molecule has 4 heteroatoms. The second-order valence-electron chi connectivity index (χ2n) is 5.84. The molecule has 0 spiro atoms. The third-order valence-corrected chi connectivity index (χ3v) is 4.46. The quantitative estimate of drug-likeness (QED) is 0.436. The molecule has 3 aromatic carbocycles. The highest BCUT2D eigenvalue weighted by molar-refractivity contribution is 5.62. The standard InChI is InChI=1S/C20H18O4/c1-20(13-7-3-2-4-8-13,14-9-5-11-16(21)18(14)23)15-10-6-12-17(22)19(15)24/h2-12,21-24H,1H3. The van der Waals surface area contributed by atoms with E-state index in [0.29, 0.717) is 11.1 Å². The van der Waals surface area contributed by atoms with Crippen molar-refractivity contribution in [2.75, 3.05) is 0 Å². The van der Waals surface area contributed by atoms with Crippen LogP contribution in [0.3, 0.4) is 0 Å². The summed E-state index contributed by atoms with van der Waals surface area (Å²) >= 11 is 0. The maximum Gasteiger partial charge on any atom is 0.161 e. The Labute approximate surface area is 139 Å². The Morgan fingerprint density at radius 2 is 1.04 bits per heavy atom. The Hall–Kier alpha value is -3.14. The van der Waals surface area contributed by atoms with Crippen LogP contribution >= 0.6 is 0 Å². The van der Waals surface area contributed by atoms with Crippen molar-refractivity contribution >= 4 is 0 Å². The maximum atomic E-state index is 10.4. The van der Waals surface area contributed by atoms with E-state index in [1.165, 1.54) is 12.1 Å². The molecule has 0 amide bonds. The first-order chi connectivity index (χ1) is 11.5. The van der Waals surface area contributed by atoms with E-state index >= 15 is 0 Å². The summed E-state index contributed by atoms with van der Waals surface area (Å²) in [5.41, 5.74) is 0.670. The van der Waals surface area contributed by atoms with Crippen LogP contribution in [0.15, 0.2) is 66.7 Å². The predicted molar refractivity (Wildman–Crippen MR) is 91.5 cm³/mol. The molecular formula is C20H18O4. The first-order valence-electron chi connectivity index (χ1n) is 7.54. The van der Waals surface area contributed by atoms with E-state index in [2.05, 4.69) is 0 Å². The van der Waals surface area contributed by atoms with Crippen molar-refractivity contribution in [3.63, 3.8) is 0 Å². The van der Waals surface area contributed by atoms with Crippen LogP contribution in [0.25, 0.3) is 0 Å². The summed E-state index contributed by atoms with van der Waals surface area (Å²) in [5, 5.41) is 40.7. The fourth-order valence-electron chi connectivity index (χ4n) is 3.10. The van der Waals surface area contributed by atoms with Crippen molar-refractivity contribution in [1.82, 2.24) is 0 Å². The zero-order valence-electron chi connectivity index (χ0n) is 13.1. The van der Waals surface area contributed by atoms with E-state index in [1.54, 1.807) is 24.3 Å². The first-order valence-corrected chi connectivity index (χ1v) is 7.54. The second-order valence-corrected chi connectivity index (χ2v) is 5.84. The number of hydrogen-bond acceptors (Lipinski definition) is 4. The normalized spacial score (nSPS) is 11.4. The number of aromatic hydroxyl groups is 4. The summed E-state index contributed by atoms with van der Waals surface area (Å²) in [4.78, 5) is 0. The van der Waals surface area contributed by atoms with Crippen LogP contribution in [0.5, 0.6) is 23.0 Å². The van der Waals surface area contributed by atoms with Gasteiger partial charge in [0.25, 0.3) is 0 Å². The molecule has 0 aliphatic carbocycles. The summed E-state index contributed by atoms with van der Waals surface area (Å²) in [5.74, 6) is -0.998. The van der Waals surface area contributed by atoms with Crippen molar-refractivity contribution in [3.05, 3.63) is 83.4 Å². The predicted octanol–water partition coefficient (Wildman–Crippen LogP) is 3.86. The molecule has 0 heterocycles. The summed E-state index contributed by atoms with van der Waals surface area (Å²) in [6, 6.07) is 18.7. The fourth-order valence-corrected chi connectivity index (χ4v) is 3.10. The van der Waals surface area contributed by atoms with Crippen LogP contribution in [0, 0.1) is 0 Å². The van der Waals surface area contributed by atoms with Gasteiger partial charge in [-0.1, -0.05) is 54.6 Å². The highest BCUT2D eigenvalue weighted by atomic mass is 16.3. The smallest absolute Gasteiger partial charge is 0.161 e. The minimum Gasteiger partial charge on any atom is -0.504 e. The van der Waals surface area contributed by atoms with Gasteiger partial charge >= 0.3 is 0 Å². The number of phenols is 4. The zero-order valence-corrected chi connectivity index (χ0v) is 13.1. The molecule has 3 rings (SSSR count). The maximum absolute atomic E-state index is 10.4. The van der Waals surface area contributed by atoms with Crippen molar-refractivity contribution in [2.45, 2.75) is 12.3 Å². The van der Waals surface area contributed by atoms with Crippen LogP contribution in [0.4, 0.5) is 0 Å². The molecule has 0 unspecified atom stereocenters. The lowest BCUT2D eigenvalue weighted by atomic mass is 9.70. The van der Waals surface area contributed by atoms with Gasteiger partial charge in [0.1, 0.15) is 0 Å². The molecule has 4 nitrogen and oxygen atoms in total. The molecule has 0 radical (unpaired) electrons. The molecule has 0 saturated heterocycles. The second kappa shape index (κ2) is 5.81. The van der Waals surface area contributed by atoms with Gasteiger partial charge < -0.3 is 20.4 Å². The Morgan fingerprint density at radius 3 is 1.50 bits per heavy atom. The number of benzene rings is 3. The van der Waals surface area contributed by atoms with Crippen LogP contribution in [-0.4, -0.2) is 20.4 Å². The van der Waals surface area contributed by atoms with Crippen LogP contribution in [0.1, 0.15) is 23.6 Å². The lowest BCUT2D eigenvalue weighted by molar-refractivity contribution is 0.384. The number of rotatable bonds is 3. The van der Waals surface area contributed by atoms with Crippen molar-refractivity contribution in [2.24, 2.45) is 0 Å². The van der Waals surface area contributed by atoms with Gasteiger partial charge in [-0.2, -0.15) is 0 Å². The summed E-state index contributed by atoms with van der Waals surface area (Å²) < 4.78 is 0. The average molecular weight is 322 g/mol. The lowest BCUT2D eigenvalue weighted by Crippen LogP contribution is -2.25. The van der Waals surface area contributed by atoms with E-state index in [1.807, 2.05) is 37.3 Å². The lowest BCUT2D eigenvalue weighted by Gasteiger charge is -2.33. The molecule has 4 N–H and O–H groups in total. The molecule has 3 aromatic rings. The Balaban J connectivity index is 2.38. The van der Waals surface area contributed by atoms with Crippen LogP contribution in [-0.2, 0) is 5.41 Å². The molecule has 0 fully saturated rings. The third kappa shape index (κ3) is 2.33. The fraction of sp³-hybridized carbons (Fsp3) is 0.100. The SMILES string of the molecule is CC(c1ccccc1)(c1cccc(O)c1O)c1cccc(O)c1O. The van der Waals surface area contributed by atoms with E-state index in [4.69, 9.17) is 0 Å². The molecular weight excluding hydrogens is 304 g/mol. The first kappa shape index (κ1) is 15.7. The molecule has 122 valence electrons. The highest BCUT2D eigenvalue weighted by Crippen LogP contribution is 2.49.